The SMILES string of the molecule is COc1cc(Br)cc(NC(=O)C2NCCCC2C)c1. The number of carbonyl (C=O) groups excluding carboxylic acids is 1. The van der Waals surface area contributed by atoms with Crippen LogP contribution in [0.15, 0.2) is 22.7 Å². The van der Waals surface area contributed by atoms with Crippen molar-refractivity contribution in [1.29, 1.82) is 0 Å². The first kappa shape index (κ1) is 14.3. The van der Waals surface area contributed by atoms with Gasteiger partial charge in [0, 0.05) is 16.2 Å². The molecule has 1 aliphatic heterocycles. The van der Waals surface area contributed by atoms with Crippen LogP contribution in [0.5, 0.6) is 5.75 Å². The summed E-state index contributed by atoms with van der Waals surface area (Å²) in [6, 6.07) is 5.43. The van der Waals surface area contributed by atoms with E-state index in [1.807, 2.05) is 18.2 Å². The number of hydrogen-bond donors (Lipinski definition) is 2. The molecule has 2 atom stereocenters. The van der Waals surface area contributed by atoms with E-state index in [0.29, 0.717) is 11.7 Å². The van der Waals surface area contributed by atoms with Gasteiger partial charge >= 0.3 is 0 Å². The monoisotopic (exact) mass is 326 g/mol. The zero-order valence-electron chi connectivity index (χ0n) is 11.2. The zero-order valence-corrected chi connectivity index (χ0v) is 12.8. The first-order chi connectivity index (χ1) is 9.10. The van der Waals surface area contributed by atoms with Crippen molar-refractivity contribution in [3.05, 3.63) is 22.7 Å². The van der Waals surface area contributed by atoms with Crippen molar-refractivity contribution >= 4 is 27.5 Å². The van der Waals surface area contributed by atoms with Crippen molar-refractivity contribution in [1.82, 2.24) is 5.32 Å². The predicted molar refractivity (Wildman–Crippen MR) is 79.5 cm³/mol. The molecule has 1 aromatic carbocycles. The van der Waals surface area contributed by atoms with E-state index < -0.39 is 0 Å². The Hall–Kier alpha value is -1.07. The molecule has 104 valence electrons. The Bertz CT molecular complexity index is 465. The van der Waals surface area contributed by atoms with Crippen LogP contribution in [0.1, 0.15) is 19.8 Å². The second kappa shape index (κ2) is 6.39. The van der Waals surface area contributed by atoms with Crippen LogP contribution in [0, 0.1) is 5.92 Å². The number of hydrogen-bond acceptors (Lipinski definition) is 3. The van der Waals surface area contributed by atoms with Gasteiger partial charge in [0.25, 0.3) is 0 Å². The summed E-state index contributed by atoms with van der Waals surface area (Å²) in [5.41, 5.74) is 0.746. The van der Waals surface area contributed by atoms with Gasteiger partial charge in [-0.05, 0) is 37.4 Å². The molecule has 2 N–H and O–H groups in total. The predicted octanol–water partition coefficient (Wildman–Crippen LogP) is 2.78. The Labute approximate surface area is 122 Å². The van der Waals surface area contributed by atoms with E-state index in [2.05, 4.69) is 33.5 Å². The van der Waals surface area contributed by atoms with E-state index >= 15 is 0 Å². The van der Waals surface area contributed by atoms with Gasteiger partial charge in [0.15, 0.2) is 0 Å². The van der Waals surface area contributed by atoms with Gasteiger partial charge in [0.1, 0.15) is 5.75 Å². The highest BCUT2D eigenvalue weighted by molar-refractivity contribution is 9.10. The summed E-state index contributed by atoms with van der Waals surface area (Å²) in [5, 5.41) is 6.22. The van der Waals surface area contributed by atoms with Gasteiger partial charge in [-0.3, -0.25) is 4.79 Å². The first-order valence-electron chi connectivity index (χ1n) is 6.49. The minimum absolute atomic E-state index is 0.0207. The maximum absolute atomic E-state index is 12.3. The van der Waals surface area contributed by atoms with E-state index in [0.717, 1.165) is 29.5 Å². The van der Waals surface area contributed by atoms with Crippen molar-refractivity contribution < 1.29 is 9.53 Å². The molecule has 1 aliphatic rings. The van der Waals surface area contributed by atoms with Gasteiger partial charge in [-0.2, -0.15) is 0 Å². The molecule has 0 radical (unpaired) electrons. The fraction of sp³-hybridized carbons (Fsp3) is 0.500. The van der Waals surface area contributed by atoms with E-state index in [1.165, 1.54) is 0 Å². The molecular weight excluding hydrogens is 308 g/mol. The third kappa shape index (κ3) is 3.70. The number of ether oxygens (including phenoxy) is 1. The van der Waals surface area contributed by atoms with Crippen LogP contribution >= 0.6 is 15.9 Å². The molecule has 1 heterocycles. The van der Waals surface area contributed by atoms with Crippen LogP contribution < -0.4 is 15.4 Å². The molecule has 0 aliphatic carbocycles. The lowest BCUT2D eigenvalue weighted by atomic mass is 9.92. The van der Waals surface area contributed by atoms with E-state index in [-0.39, 0.29) is 11.9 Å². The third-order valence-electron chi connectivity index (χ3n) is 3.43. The number of benzene rings is 1. The maximum Gasteiger partial charge on any atom is 0.241 e. The second-order valence-corrected chi connectivity index (χ2v) is 5.84. The summed E-state index contributed by atoms with van der Waals surface area (Å²) in [4.78, 5) is 12.3. The summed E-state index contributed by atoms with van der Waals surface area (Å²) < 4.78 is 6.07. The van der Waals surface area contributed by atoms with Crippen LogP contribution in [0.25, 0.3) is 0 Å². The van der Waals surface area contributed by atoms with Gasteiger partial charge in [-0.25, -0.2) is 0 Å². The number of anilines is 1. The fourth-order valence-electron chi connectivity index (χ4n) is 2.37. The van der Waals surface area contributed by atoms with Gasteiger partial charge in [-0.15, -0.1) is 0 Å². The average molecular weight is 327 g/mol. The molecule has 4 nitrogen and oxygen atoms in total. The Balaban J connectivity index is 2.07. The van der Waals surface area contributed by atoms with E-state index in [9.17, 15) is 4.79 Å². The molecular formula is C14H19BrN2O2. The molecule has 1 fully saturated rings. The number of halogens is 1. The number of rotatable bonds is 3. The quantitative estimate of drug-likeness (QED) is 0.898. The molecule has 19 heavy (non-hydrogen) atoms. The molecule has 0 spiro atoms. The second-order valence-electron chi connectivity index (χ2n) is 4.92. The molecule has 0 bridgehead atoms. The molecule has 2 rings (SSSR count). The summed E-state index contributed by atoms with van der Waals surface area (Å²) in [6.07, 6.45) is 2.22. The molecule has 0 aromatic heterocycles. The van der Waals surface area contributed by atoms with Crippen LogP contribution in [0.2, 0.25) is 0 Å². The standard InChI is InChI=1S/C14H19BrN2O2/c1-9-4-3-5-16-13(9)14(18)17-11-6-10(15)7-12(8-11)19-2/h6-9,13,16H,3-5H2,1-2H3,(H,17,18). The summed E-state index contributed by atoms with van der Waals surface area (Å²) in [6.45, 7) is 3.02. The molecule has 5 heteroatoms. The summed E-state index contributed by atoms with van der Waals surface area (Å²) >= 11 is 3.40. The van der Waals surface area contributed by atoms with Crippen LogP contribution in [-0.4, -0.2) is 25.6 Å². The lowest BCUT2D eigenvalue weighted by Crippen LogP contribution is -2.48. The van der Waals surface area contributed by atoms with Gasteiger partial charge in [0.05, 0.1) is 13.2 Å². The Kier molecular flexibility index (Phi) is 4.82. The highest BCUT2D eigenvalue weighted by Crippen LogP contribution is 2.25. The number of methoxy groups -OCH3 is 1. The Morgan fingerprint density at radius 3 is 2.95 bits per heavy atom. The zero-order chi connectivity index (χ0) is 13.8. The Morgan fingerprint density at radius 2 is 2.26 bits per heavy atom. The maximum atomic E-state index is 12.3. The number of nitrogens with one attached hydrogen (secondary N) is 2. The smallest absolute Gasteiger partial charge is 0.241 e. The van der Waals surface area contributed by atoms with Gasteiger partial charge in [0.2, 0.25) is 5.91 Å². The van der Waals surface area contributed by atoms with E-state index in [4.69, 9.17) is 4.74 Å². The largest absolute Gasteiger partial charge is 0.497 e. The minimum Gasteiger partial charge on any atom is -0.497 e. The van der Waals surface area contributed by atoms with Crippen molar-refractivity contribution in [3.63, 3.8) is 0 Å². The normalized spacial score (nSPS) is 22.9. The third-order valence-corrected chi connectivity index (χ3v) is 3.88. The highest BCUT2D eigenvalue weighted by Gasteiger charge is 2.27. The fourth-order valence-corrected chi connectivity index (χ4v) is 2.85. The number of carbonyl (C=O) groups is 1. The number of piperidine rings is 1. The van der Waals surface area contributed by atoms with E-state index in [1.54, 1.807) is 7.11 Å². The van der Waals surface area contributed by atoms with Crippen LogP contribution in [0.4, 0.5) is 5.69 Å². The number of amides is 1. The van der Waals surface area contributed by atoms with Crippen molar-refractivity contribution in [3.8, 4) is 5.75 Å². The molecule has 0 saturated carbocycles. The first-order valence-corrected chi connectivity index (χ1v) is 7.28. The summed E-state index contributed by atoms with van der Waals surface area (Å²) in [5.74, 6) is 1.10. The van der Waals surface area contributed by atoms with Crippen LogP contribution in [0.3, 0.4) is 0 Å². The van der Waals surface area contributed by atoms with Crippen molar-refractivity contribution in [2.75, 3.05) is 19.0 Å². The molecule has 2 unspecified atom stereocenters. The minimum atomic E-state index is -0.112. The van der Waals surface area contributed by atoms with Crippen molar-refractivity contribution in [2.24, 2.45) is 5.92 Å². The Morgan fingerprint density at radius 1 is 1.47 bits per heavy atom. The summed E-state index contributed by atoms with van der Waals surface area (Å²) in [7, 11) is 1.61. The lowest BCUT2D eigenvalue weighted by Gasteiger charge is -2.29. The van der Waals surface area contributed by atoms with Gasteiger partial charge < -0.3 is 15.4 Å². The van der Waals surface area contributed by atoms with Crippen LogP contribution in [-0.2, 0) is 4.79 Å². The topological polar surface area (TPSA) is 50.4 Å². The molecule has 1 aromatic rings. The molecule has 1 saturated heterocycles. The van der Waals surface area contributed by atoms with Gasteiger partial charge in [-0.1, -0.05) is 22.9 Å². The average Bonchev–Trinajstić information content (AvgIpc) is 2.38. The highest BCUT2D eigenvalue weighted by atomic mass is 79.9. The molecule has 1 amide bonds. The van der Waals surface area contributed by atoms with Crippen molar-refractivity contribution in [2.45, 2.75) is 25.8 Å². The lowest BCUT2D eigenvalue weighted by molar-refractivity contribution is -0.119.